The Morgan fingerprint density at radius 3 is 2.54 bits per heavy atom. The van der Waals surface area contributed by atoms with E-state index in [0.29, 0.717) is 37.7 Å². The lowest BCUT2D eigenvalue weighted by atomic mass is 9.97. The fraction of sp³-hybridized carbons (Fsp3) is 0.179. The Hall–Kier alpha value is -3.95. The van der Waals surface area contributed by atoms with Gasteiger partial charge in [-0.25, -0.2) is 9.79 Å². The first-order valence-corrected chi connectivity index (χ1v) is 13.3. The number of hydrogen-bond acceptors (Lipinski definition) is 8. The number of nitrogens with zero attached hydrogens (tertiary/aromatic N) is 2. The van der Waals surface area contributed by atoms with Gasteiger partial charge in [0.05, 0.1) is 36.6 Å². The smallest absolute Gasteiger partial charge is 0.338 e. The first-order chi connectivity index (χ1) is 18.1. The fourth-order valence-corrected chi connectivity index (χ4v) is 6.14. The number of carbonyl (C=O) groups excluding carboxylic acids is 1. The molecule has 0 unspecified atom stereocenters. The first kappa shape index (κ1) is 24.7. The van der Waals surface area contributed by atoms with E-state index in [0.717, 1.165) is 10.4 Å². The Morgan fingerprint density at radius 2 is 1.86 bits per heavy atom. The normalized spacial score (nSPS) is 15.2. The van der Waals surface area contributed by atoms with Gasteiger partial charge in [0, 0.05) is 16.0 Å². The molecule has 0 saturated carbocycles. The molecule has 0 amide bonds. The van der Waals surface area contributed by atoms with Crippen LogP contribution in [0.3, 0.4) is 0 Å². The van der Waals surface area contributed by atoms with Crippen LogP contribution in [0.2, 0.25) is 0 Å². The Kier molecular flexibility index (Phi) is 7.07. The van der Waals surface area contributed by atoms with Crippen LogP contribution in [0.5, 0.6) is 11.5 Å². The van der Waals surface area contributed by atoms with E-state index in [1.165, 1.54) is 22.7 Å². The average molecular weight is 533 g/mol. The van der Waals surface area contributed by atoms with Crippen LogP contribution in [0.25, 0.3) is 11.8 Å². The van der Waals surface area contributed by atoms with Crippen LogP contribution in [0, 0.1) is 0 Å². The predicted octanol–water partition coefficient (Wildman–Crippen LogP) is 4.01. The van der Waals surface area contributed by atoms with E-state index in [2.05, 4.69) is 0 Å². The number of rotatable bonds is 7. The van der Waals surface area contributed by atoms with Gasteiger partial charge in [0.25, 0.3) is 5.56 Å². The van der Waals surface area contributed by atoms with Gasteiger partial charge in [-0.2, -0.15) is 0 Å². The van der Waals surface area contributed by atoms with E-state index in [1.807, 2.05) is 60.0 Å². The molecule has 1 aliphatic heterocycles. The summed E-state index contributed by atoms with van der Waals surface area (Å²) in [7, 11) is 3.13. The summed E-state index contributed by atoms with van der Waals surface area (Å²) >= 11 is 2.74. The number of aromatic nitrogens is 1. The van der Waals surface area contributed by atoms with Crippen molar-refractivity contribution in [3.05, 3.63) is 107 Å². The molecule has 188 valence electrons. The highest BCUT2D eigenvalue weighted by Gasteiger charge is 2.35. The van der Waals surface area contributed by atoms with Crippen LogP contribution in [0.1, 0.15) is 29.0 Å². The van der Waals surface area contributed by atoms with Crippen molar-refractivity contribution in [2.24, 2.45) is 4.99 Å². The van der Waals surface area contributed by atoms with Crippen LogP contribution in [-0.4, -0.2) is 31.4 Å². The zero-order valence-corrected chi connectivity index (χ0v) is 22.1. The molecule has 0 fully saturated rings. The van der Waals surface area contributed by atoms with E-state index >= 15 is 0 Å². The summed E-state index contributed by atoms with van der Waals surface area (Å²) in [6.45, 7) is 1.97. The van der Waals surface area contributed by atoms with Crippen molar-refractivity contribution in [1.29, 1.82) is 0 Å². The number of carbonyl (C=O) groups is 1. The molecule has 0 bridgehead atoms. The van der Waals surface area contributed by atoms with Gasteiger partial charge in [-0.05, 0) is 30.5 Å². The highest BCUT2D eigenvalue weighted by molar-refractivity contribution is 7.10. The van der Waals surface area contributed by atoms with E-state index in [9.17, 15) is 9.59 Å². The fourth-order valence-electron chi connectivity index (χ4n) is 4.32. The summed E-state index contributed by atoms with van der Waals surface area (Å²) in [4.78, 5) is 33.5. The van der Waals surface area contributed by atoms with Gasteiger partial charge >= 0.3 is 5.97 Å². The Bertz CT molecular complexity index is 1650. The minimum Gasteiger partial charge on any atom is -0.493 e. The van der Waals surface area contributed by atoms with Crippen molar-refractivity contribution in [2.75, 3.05) is 20.8 Å². The molecule has 0 radical (unpaired) electrons. The second-order valence-corrected chi connectivity index (χ2v) is 10.0. The summed E-state index contributed by atoms with van der Waals surface area (Å²) < 4.78 is 18.5. The monoisotopic (exact) mass is 532 g/mol. The van der Waals surface area contributed by atoms with Gasteiger partial charge < -0.3 is 14.2 Å². The third-order valence-corrected chi connectivity index (χ3v) is 7.81. The third kappa shape index (κ3) is 4.52. The van der Waals surface area contributed by atoms with Gasteiger partial charge in [0.2, 0.25) is 0 Å². The van der Waals surface area contributed by atoms with E-state index < -0.39 is 12.0 Å². The number of methoxy groups -OCH3 is 2. The molecular weight excluding hydrogens is 508 g/mol. The molecule has 7 nitrogen and oxygen atoms in total. The molecule has 0 saturated heterocycles. The standard InChI is InChI=1S/C28H24N2O5S2/c1-4-35-27(32)22-23(17-10-6-5-7-11-17)29-28-30(24(22)20-14-9-15-36-20)26(31)21(37-28)16-18-12-8-13-19(33-2)25(18)34-3/h5-16,24H,4H2,1-3H3/b21-16-/t24-/m1/s1. The lowest BCUT2D eigenvalue weighted by Gasteiger charge is -2.24. The lowest BCUT2D eigenvalue weighted by Crippen LogP contribution is -2.39. The Labute approximate surface area is 221 Å². The molecule has 1 atom stereocenters. The van der Waals surface area contributed by atoms with Crippen LogP contribution >= 0.6 is 22.7 Å². The summed E-state index contributed by atoms with van der Waals surface area (Å²) in [5.41, 5.74) is 2.07. The third-order valence-electron chi connectivity index (χ3n) is 5.91. The quantitative estimate of drug-likeness (QED) is 0.336. The number of ether oxygens (including phenoxy) is 3. The number of benzene rings is 2. The van der Waals surface area contributed by atoms with E-state index in [4.69, 9.17) is 19.2 Å². The number of thiazole rings is 1. The Morgan fingerprint density at radius 1 is 1.05 bits per heavy atom. The van der Waals surface area contributed by atoms with Gasteiger partial charge in [-0.1, -0.05) is 59.9 Å². The topological polar surface area (TPSA) is 79.1 Å². The maximum Gasteiger partial charge on any atom is 0.338 e. The number of hydrogen-bond donors (Lipinski definition) is 0. The SMILES string of the molecule is CCOC(=O)C1=C(c2ccccc2)N=c2s/c(=C\c3cccc(OC)c3OC)c(=O)n2[C@@H]1c1cccs1. The molecule has 9 heteroatoms. The van der Waals surface area contributed by atoms with Crippen molar-refractivity contribution in [3.63, 3.8) is 0 Å². The van der Waals surface area contributed by atoms with Gasteiger partial charge in [-0.15, -0.1) is 11.3 Å². The molecule has 0 aliphatic carbocycles. The summed E-state index contributed by atoms with van der Waals surface area (Å²) in [6, 6.07) is 18.2. The van der Waals surface area contributed by atoms with Crippen LogP contribution in [0.4, 0.5) is 0 Å². The zero-order chi connectivity index (χ0) is 25.9. The van der Waals surface area contributed by atoms with Gasteiger partial charge in [-0.3, -0.25) is 9.36 Å². The molecule has 1 aliphatic rings. The van der Waals surface area contributed by atoms with Crippen molar-refractivity contribution in [1.82, 2.24) is 4.57 Å². The molecule has 0 N–H and O–H groups in total. The van der Waals surface area contributed by atoms with Crippen LogP contribution in [0.15, 0.2) is 81.4 Å². The highest BCUT2D eigenvalue weighted by Crippen LogP contribution is 2.37. The largest absolute Gasteiger partial charge is 0.493 e. The predicted molar refractivity (Wildman–Crippen MR) is 145 cm³/mol. The van der Waals surface area contributed by atoms with Crippen molar-refractivity contribution in [2.45, 2.75) is 13.0 Å². The summed E-state index contributed by atoms with van der Waals surface area (Å²) in [5.74, 6) is 0.603. The summed E-state index contributed by atoms with van der Waals surface area (Å²) in [5, 5.41) is 1.93. The molecule has 0 spiro atoms. The number of thiophene rings is 1. The van der Waals surface area contributed by atoms with Gasteiger partial charge in [0.15, 0.2) is 16.3 Å². The van der Waals surface area contributed by atoms with E-state index in [1.54, 1.807) is 37.9 Å². The molecule has 4 aromatic rings. The van der Waals surface area contributed by atoms with Gasteiger partial charge in [0.1, 0.15) is 6.04 Å². The molecular formula is C28H24N2O5S2. The maximum atomic E-state index is 13.9. The van der Waals surface area contributed by atoms with E-state index in [-0.39, 0.29) is 12.2 Å². The molecule has 3 heterocycles. The lowest BCUT2D eigenvalue weighted by molar-refractivity contribution is -0.138. The molecule has 2 aromatic heterocycles. The number of esters is 1. The average Bonchev–Trinajstić information content (AvgIpc) is 3.56. The van der Waals surface area contributed by atoms with Crippen LogP contribution in [-0.2, 0) is 9.53 Å². The first-order valence-electron chi connectivity index (χ1n) is 11.6. The molecule has 37 heavy (non-hydrogen) atoms. The minimum absolute atomic E-state index is 0.210. The Balaban J connectivity index is 1.81. The van der Waals surface area contributed by atoms with Crippen molar-refractivity contribution >= 4 is 40.4 Å². The molecule has 5 rings (SSSR count). The minimum atomic E-state index is -0.667. The second kappa shape index (κ2) is 10.6. The highest BCUT2D eigenvalue weighted by atomic mass is 32.1. The van der Waals surface area contributed by atoms with Crippen molar-refractivity contribution < 1.29 is 19.0 Å². The number of fused-ring (bicyclic) bond motifs is 1. The van der Waals surface area contributed by atoms with Crippen molar-refractivity contribution in [3.8, 4) is 11.5 Å². The van der Waals surface area contributed by atoms with Crippen LogP contribution < -0.4 is 24.4 Å². The summed E-state index contributed by atoms with van der Waals surface area (Å²) in [6.07, 6.45) is 1.77. The number of para-hydroxylation sites is 1. The maximum absolute atomic E-state index is 13.9. The zero-order valence-electron chi connectivity index (χ0n) is 20.5. The second-order valence-electron chi connectivity index (χ2n) is 8.03. The molecule has 2 aromatic carbocycles.